The lowest BCUT2D eigenvalue weighted by atomic mass is 10.2. The fourth-order valence-electron chi connectivity index (χ4n) is 3.23. The van der Waals surface area contributed by atoms with Crippen molar-refractivity contribution in [2.24, 2.45) is 0 Å². The van der Waals surface area contributed by atoms with Crippen LogP contribution in [0.15, 0.2) is 29.2 Å². The van der Waals surface area contributed by atoms with Crippen LogP contribution in [0.3, 0.4) is 0 Å². The molecule has 0 aromatic heterocycles. The highest BCUT2D eigenvalue weighted by Crippen LogP contribution is 2.23. The molecule has 142 valence electrons. The topological polar surface area (TPSA) is 90.0 Å². The summed E-state index contributed by atoms with van der Waals surface area (Å²) >= 11 is 0. The average molecular weight is 381 g/mol. The second-order valence-corrected chi connectivity index (χ2v) is 8.66. The van der Waals surface area contributed by atoms with Crippen molar-refractivity contribution in [3.8, 4) is 0 Å². The first-order chi connectivity index (χ1) is 12.4. The van der Waals surface area contributed by atoms with E-state index >= 15 is 0 Å². The fourth-order valence-corrected chi connectivity index (χ4v) is 4.79. The second-order valence-electron chi connectivity index (χ2n) is 6.72. The molecule has 7 nitrogen and oxygen atoms in total. The van der Waals surface area contributed by atoms with Crippen molar-refractivity contribution in [1.82, 2.24) is 4.31 Å². The van der Waals surface area contributed by atoms with Crippen LogP contribution in [0.2, 0.25) is 0 Å². The zero-order valence-electron chi connectivity index (χ0n) is 14.7. The number of rotatable bonds is 4. The van der Waals surface area contributed by atoms with Crippen LogP contribution in [0.25, 0.3) is 0 Å². The summed E-state index contributed by atoms with van der Waals surface area (Å²) < 4.78 is 37.3. The van der Waals surface area contributed by atoms with Crippen LogP contribution in [-0.4, -0.2) is 50.0 Å². The van der Waals surface area contributed by atoms with Crippen molar-refractivity contribution in [1.29, 1.82) is 0 Å². The van der Waals surface area contributed by atoms with E-state index in [4.69, 9.17) is 9.47 Å². The third kappa shape index (κ3) is 4.07. The van der Waals surface area contributed by atoms with E-state index in [2.05, 4.69) is 0 Å². The Morgan fingerprint density at radius 3 is 2.50 bits per heavy atom. The van der Waals surface area contributed by atoms with Gasteiger partial charge in [0.1, 0.15) is 6.10 Å². The third-order valence-electron chi connectivity index (χ3n) is 4.65. The highest BCUT2D eigenvalue weighted by molar-refractivity contribution is 7.89. The molecule has 26 heavy (non-hydrogen) atoms. The largest absolute Gasteiger partial charge is 0.460 e. The van der Waals surface area contributed by atoms with E-state index in [0.29, 0.717) is 19.5 Å². The van der Waals surface area contributed by atoms with Gasteiger partial charge in [-0.1, -0.05) is 18.9 Å². The predicted octanol–water partition coefficient (Wildman–Crippen LogP) is 2.11. The highest BCUT2D eigenvalue weighted by atomic mass is 32.2. The number of carbonyl (C=O) groups excluding carboxylic acids is 2. The Hall–Kier alpha value is -1.93. The number of esters is 2. The number of carbonyl (C=O) groups is 2. The molecule has 0 saturated carbocycles. The molecule has 2 aliphatic rings. The summed E-state index contributed by atoms with van der Waals surface area (Å²) in [7, 11) is -3.65. The quantitative estimate of drug-likeness (QED) is 0.742. The van der Waals surface area contributed by atoms with Crippen molar-refractivity contribution < 1.29 is 27.5 Å². The molecule has 0 amide bonds. The number of hydrogen-bond acceptors (Lipinski definition) is 6. The zero-order chi connectivity index (χ0) is 18.7. The van der Waals surface area contributed by atoms with Crippen molar-refractivity contribution in [2.75, 3.05) is 13.1 Å². The molecule has 0 bridgehead atoms. The van der Waals surface area contributed by atoms with Crippen molar-refractivity contribution in [3.63, 3.8) is 0 Å². The van der Waals surface area contributed by atoms with Gasteiger partial charge in [-0.25, -0.2) is 18.0 Å². The van der Waals surface area contributed by atoms with Gasteiger partial charge in [0, 0.05) is 19.5 Å². The van der Waals surface area contributed by atoms with E-state index < -0.39 is 28.1 Å². The van der Waals surface area contributed by atoms with Gasteiger partial charge >= 0.3 is 11.9 Å². The lowest BCUT2D eigenvalue weighted by Crippen LogP contribution is -2.32. The maximum atomic E-state index is 12.9. The Labute approximate surface area is 153 Å². The Kier molecular flexibility index (Phi) is 5.62. The number of sulfonamides is 1. The molecule has 3 rings (SSSR count). The molecule has 0 spiro atoms. The van der Waals surface area contributed by atoms with Crippen LogP contribution in [-0.2, 0) is 24.3 Å². The van der Waals surface area contributed by atoms with Crippen LogP contribution >= 0.6 is 0 Å². The molecule has 2 aliphatic heterocycles. The zero-order valence-corrected chi connectivity index (χ0v) is 15.5. The van der Waals surface area contributed by atoms with Gasteiger partial charge in [-0.15, -0.1) is 0 Å². The van der Waals surface area contributed by atoms with E-state index in [0.717, 1.165) is 25.7 Å². The Morgan fingerprint density at radius 2 is 1.88 bits per heavy atom. The maximum Gasteiger partial charge on any atom is 0.347 e. The minimum atomic E-state index is -3.65. The van der Waals surface area contributed by atoms with Gasteiger partial charge in [-0.2, -0.15) is 4.31 Å². The number of hydrogen-bond donors (Lipinski definition) is 0. The van der Waals surface area contributed by atoms with Crippen molar-refractivity contribution in [2.45, 2.75) is 56.1 Å². The first-order valence-corrected chi connectivity index (χ1v) is 10.3. The van der Waals surface area contributed by atoms with E-state index in [1.807, 2.05) is 0 Å². The molecule has 0 radical (unpaired) electrons. The van der Waals surface area contributed by atoms with Crippen LogP contribution in [0.4, 0.5) is 0 Å². The summed E-state index contributed by atoms with van der Waals surface area (Å²) in [5, 5.41) is 0. The van der Waals surface area contributed by atoms with Crippen LogP contribution < -0.4 is 0 Å². The molecule has 1 aromatic carbocycles. The van der Waals surface area contributed by atoms with Crippen molar-refractivity contribution in [3.05, 3.63) is 29.8 Å². The molecular formula is C18H23NO6S. The number of nitrogens with zero attached hydrogens (tertiary/aromatic N) is 1. The monoisotopic (exact) mass is 381 g/mol. The molecule has 0 aliphatic carbocycles. The van der Waals surface area contributed by atoms with Gasteiger partial charge in [-0.05, 0) is 38.0 Å². The average Bonchev–Trinajstić information content (AvgIpc) is 2.83. The predicted molar refractivity (Wildman–Crippen MR) is 93.0 cm³/mol. The summed E-state index contributed by atoms with van der Waals surface area (Å²) in [6.45, 7) is 2.70. The summed E-state index contributed by atoms with van der Waals surface area (Å²) in [5.74, 6) is -1.30. The first kappa shape index (κ1) is 18.8. The molecule has 2 saturated heterocycles. The first-order valence-electron chi connectivity index (χ1n) is 8.89. The Morgan fingerprint density at radius 1 is 1.19 bits per heavy atom. The van der Waals surface area contributed by atoms with Crippen LogP contribution in [0, 0.1) is 0 Å². The minimum absolute atomic E-state index is 0.0659. The fraction of sp³-hybridized carbons (Fsp3) is 0.556. The van der Waals surface area contributed by atoms with E-state index in [1.54, 1.807) is 6.92 Å². The van der Waals surface area contributed by atoms with Gasteiger partial charge in [-0.3, -0.25) is 0 Å². The number of ether oxygens (including phenoxy) is 2. The highest BCUT2D eigenvalue weighted by Gasteiger charge is 2.35. The second kappa shape index (κ2) is 7.75. The van der Waals surface area contributed by atoms with Crippen LogP contribution in [0.1, 0.15) is 49.4 Å². The Bertz CT molecular complexity index is 783. The Balaban J connectivity index is 1.77. The van der Waals surface area contributed by atoms with Crippen molar-refractivity contribution >= 4 is 22.0 Å². The van der Waals surface area contributed by atoms with E-state index in [1.165, 1.54) is 28.6 Å². The molecular weight excluding hydrogens is 358 g/mol. The lowest BCUT2D eigenvalue weighted by Gasteiger charge is -2.20. The molecule has 2 atom stereocenters. The lowest BCUT2D eigenvalue weighted by molar-refractivity contribution is -0.147. The standard InChI is InChI=1S/C18H23NO6S/c1-13-11-16(18(21)24-13)25-17(20)14-7-6-8-15(12-14)26(22,23)19-9-4-2-3-5-10-19/h6-8,12-13,16H,2-5,9-11H2,1H3. The summed E-state index contributed by atoms with van der Waals surface area (Å²) in [5.41, 5.74) is 0.105. The maximum absolute atomic E-state index is 12.9. The molecule has 2 unspecified atom stereocenters. The van der Waals surface area contributed by atoms with Gasteiger partial charge in [0.25, 0.3) is 0 Å². The SMILES string of the molecule is CC1CC(OC(=O)c2cccc(S(=O)(=O)N3CCCCCC3)c2)C(=O)O1. The molecule has 0 N–H and O–H groups in total. The van der Waals surface area contributed by atoms with Gasteiger partial charge in [0.05, 0.1) is 10.5 Å². The molecule has 8 heteroatoms. The molecule has 2 fully saturated rings. The van der Waals surface area contributed by atoms with E-state index in [9.17, 15) is 18.0 Å². The summed E-state index contributed by atoms with van der Waals surface area (Å²) in [6.07, 6.45) is 2.78. The smallest absolute Gasteiger partial charge is 0.347 e. The van der Waals surface area contributed by atoms with Crippen LogP contribution in [0.5, 0.6) is 0 Å². The molecule has 2 heterocycles. The minimum Gasteiger partial charge on any atom is -0.460 e. The number of cyclic esters (lactones) is 1. The summed E-state index contributed by atoms with van der Waals surface area (Å²) in [6, 6.07) is 5.78. The van der Waals surface area contributed by atoms with E-state index in [-0.39, 0.29) is 16.6 Å². The normalized spacial score (nSPS) is 24.7. The third-order valence-corrected chi connectivity index (χ3v) is 6.54. The number of benzene rings is 1. The molecule has 1 aromatic rings. The van der Waals surface area contributed by atoms with Gasteiger partial charge in [0.2, 0.25) is 16.1 Å². The summed E-state index contributed by atoms with van der Waals surface area (Å²) in [4.78, 5) is 24.0. The van der Waals surface area contributed by atoms with Gasteiger partial charge < -0.3 is 9.47 Å². The van der Waals surface area contributed by atoms with Gasteiger partial charge in [0.15, 0.2) is 0 Å².